The molecule has 2 saturated heterocycles. The Morgan fingerprint density at radius 3 is 2.62 bits per heavy atom. The van der Waals surface area contributed by atoms with Crippen LogP contribution in [-0.4, -0.2) is 51.2 Å². The lowest BCUT2D eigenvalue weighted by Crippen LogP contribution is -2.47. The van der Waals surface area contributed by atoms with Gasteiger partial charge in [0, 0.05) is 26.2 Å². The van der Waals surface area contributed by atoms with Crippen LogP contribution in [0, 0.1) is 0 Å². The summed E-state index contributed by atoms with van der Waals surface area (Å²) in [5.41, 5.74) is 0.931. The number of hydrogen-bond donors (Lipinski definition) is 1. The molecule has 1 spiro atoms. The van der Waals surface area contributed by atoms with Crippen LogP contribution in [0.1, 0.15) is 48.3 Å². The minimum atomic E-state index is -1.04. The monoisotopic (exact) mass is 291 g/mol. The van der Waals surface area contributed by atoms with Gasteiger partial charge in [-0.3, -0.25) is 9.88 Å². The lowest BCUT2D eigenvalue weighted by atomic mass is 9.84. The lowest BCUT2D eigenvalue weighted by molar-refractivity contribution is -0.112. The number of piperidine rings is 1. The Morgan fingerprint density at radius 2 is 2.05 bits per heavy atom. The molecule has 0 aromatic carbocycles. The van der Waals surface area contributed by atoms with Crippen LogP contribution in [-0.2, 0) is 11.3 Å². The minimum absolute atomic E-state index is 0.00745. The summed E-state index contributed by atoms with van der Waals surface area (Å²) in [6, 6.07) is 0. The van der Waals surface area contributed by atoms with Crippen molar-refractivity contribution in [2.24, 2.45) is 0 Å². The van der Waals surface area contributed by atoms with Crippen LogP contribution in [0.2, 0.25) is 0 Å². The summed E-state index contributed by atoms with van der Waals surface area (Å²) >= 11 is 0. The molecule has 1 aromatic rings. The zero-order chi connectivity index (χ0) is 14.7. The molecular weight excluding hydrogens is 270 g/mol. The SMILES string of the molecule is O=C(O)c1cnc(CN2CCC3(CCCCO3)CC2)cn1. The first-order valence-electron chi connectivity index (χ1n) is 7.57. The Hall–Kier alpha value is -1.53. The van der Waals surface area contributed by atoms with Gasteiger partial charge < -0.3 is 9.84 Å². The van der Waals surface area contributed by atoms with Gasteiger partial charge in [0.1, 0.15) is 0 Å². The van der Waals surface area contributed by atoms with E-state index in [1.807, 2.05) is 0 Å². The van der Waals surface area contributed by atoms with Crippen molar-refractivity contribution in [3.05, 3.63) is 23.8 Å². The summed E-state index contributed by atoms with van der Waals surface area (Å²) in [4.78, 5) is 21.2. The van der Waals surface area contributed by atoms with Gasteiger partial charge in [0.25, 0.3) is 0 Å². The number of nitrogens with zero attached hydrogens (tertiary/aromatic N) is 3. The first-order valence-corrected chi connectivity index (χ1v) is 7.57. The highest BCUT2D eigenvalue weighted by atomic mass is 16.5. The quantitative estimate of drug-likeness (QED) is 0.913. The molecule has 0 saturated carbocycles. The van der Waals surface area contributed by atoms with Gasteiger partial charge >= 0.3 is 5.97 Å². The van der Waals surface area contributed by atoms with Crippen molar-refractivity contribution >= 4 is 5.97 Å². The highest BCUT2D eigenvalue weighted by molar-refractivity contribution is 5.84. The van der Waals surface area contributed by atoms with E-state index >= 15 is 0 Å². The zero-order valence-electron chi connectivity index (χ0n) is 12.1. The third-order valence-corrected chi connectivity index (χ3v) is 4.51. The second-order valence-electron chi connectivity index (χ2n) is 5.96. The fourth-order valence-corrected chi connectivity index (χ4v) is 3.20. The van der Waals surface area contributed by atoms with Gasteiger partial charge in [0.15, 0.2) is 5.69 Å². The number of carboxylic acids is 1. The molecule has 3 heterocycles. The number of aromatic nitrogens is 2. The molecule has 3 rings (SSSR count). The van der Waals surface area contributed by atoms with E-state index in [4.69, 9.17) is 9.84 Å². The van der Waals surface area contributed by atoms with Crippen molar-refractivity contribution in [1.29, 1.82) is 0 Å². The van der Waals surface area contributed by atoms with Crippen molar-refractivity contribution in [3.63, 3.8) is 0 Å². The Kier molecular flexibility index (Phi) is 4.17. The van der Waals surface area contributed by atoms with Crippen LogP contribution in [0.15, 0.2) is 12.4 Å². The number of rotatable bonds is 3. The van der Waals surface area contributed by atoms with Gasteiger partial charge in [-0.2, -0.15) is 0 Å². The first-order chi connectivity index (χ1) is 10.2. The molecule has 0 aliphatic carbocycles. The summed E-state index contributed by atoms with van der Waals surface area (Å²) in [7, 11) is 0. The Bertz CT molecular complexity index is 487. The number of carbonyl (C=O) groups is 1. The van der Waals surface area contributed by atoms with E-state index < -0.39 is 5.97 Å². The van der Waals surface area contributed by atoms with Crippen LogP contribution in [0.3, 0.4) is 0 Å². The molecule has 1 N–H and O–H groups in total. The van der Waals surface area contributed by atoms with E-state index in [-0.39, 0.29) is 11.3 Å². The molecule has 2 aliphatic rings. The predicted octanol–water partition coefficient (Wildman–Crippen LogP) is 1.71. The van der Waals surface area contributed by atoms with Gasteiger partial charge in [-0.25, -0.2) is 9.78 Å². The normalized spacial score (nSPS) is 22.3. The summed E-state index contributed by atoms with van der Waals surface area (Å²) in [6.07, 6.45) is 8.70. The first kappa shape index (κ1) is 14.4. The number of hydrogen-bond acceptors (Lipinski definition) is 5. The van der Waals surface area contributed by atoms with Crippen LogP contribution >= 0.6 is 0 Å². The maximum atomic E-state index is 10.7. The third-order valence-electron chi connectivity index (χ3n) is 4.51. The summed E-state index contributed by atoms with van der Waals surface area (Å²) in [6.45, 7) is 3.63. The van der Waals surface area contributed by atoms with Crippen molar-refractivity contribution in [1.82, 2.24) is 14.9 Å². The van der Waals surface area contributed by atoms with E-state index in [0.29, 0.717) is 0 Å². The van der Waals surface area contributed by atoms with E-state index in [9.17, 15) is 4.79 Å². The molecule has 2 fully saturated rings. The van der Waals surface area contributed by atoms with Crippen molar-refractivity contribution < 1.29 is 14.6 Å². The topological polar surface area (TPSA) is 75.5 Å². The molecule has 0 atom stereocenters. The maximum Gasteiger partial charge on any atom is 0.356 e. The number of aromatic carboxylic acids is 1. The number of ether oxygens (including phenoxy) is 1. The number of likely N-dealkylation sites (tertiary alicyclic amines) is 1. The molecule has 1 aromatic heterocycles. The molecular formula is C15H21N3O3. The molecule has 6 nitrogen and oxygen atoms in total. The predicted molar refractivity (Wildman–Crippen MR) is 76.0 cm³/mol. The van der Waals surface area contributed by atoms with Gasteiger partial charge in [0.2, 0.25) is 0 Å². The molecule has 2 aliphatic heterocycles. The summed E-state index contributed by atoms with van der Waals surface area (Å²) in [5.74, 6) is -1.04. The smallest absolute Gasteiger partial charge is 0.356 e. The van der Waals surface area contributed by atoms with Crippen molar-refractivity contribution in [2.45, 2.75) is 44.2 Å². The highest BCUT2D eigenvalue weighted by Crippen LogP contribution is 2.34. The second kappa shape index (κ2) is 6.07. The Morgan fingerprint density at radius 1 is 1.24 bits per heavy atom. The molecule has 21 heavy (non-hydrogen) atoms. The molecule has 6 heteroatoms. The van der Waals surface area contributed by atoms with Gasteiger partial charge in [0.05, 0.1) is 23.7 Å². The van der Waals surface area contributed by atoms with Crippen LogP contribution in [0.25, 0.3) is 0 Å². The summed E-state index contributed by atoms with van der Waals surface area (Å²) < 4.78 is 6.03. The number of carboxylic acid groups (broad SMARTS) is 1. The average molecular weight is 291 g/mol. The Labute approximate surface area is 124 Å². The van der Waals surface area contributed by atoms with E-state index in [1.54, 1.807) is 6.20 Å². The van der Waals surface area contributed by atoms with E-state index in [2.05, 4.69) is 14.9 Å². The summed E-state index contributed by atoms with van der Waals surface area (Å²) in [5, 5.41) is 8.81. The molecule has 0 radical (unpaired) electrons. The minimum Gasteiger partial charge on any atom is -0.476 e. The highest BCUT2D eigenvalue weighted by Gasteiger charge is 2.36. The molecule has 0 unspecified atom stereocenters. The van der Waals surface area contributed by atoms with Crippen LogP contribution < -0.4 is 0 Å². The average Bonchev–Trinajstić information content (AvgIpc) is 2.51. The van der Waals surface area contributed by atoms with Crippen molar-refractivity contribution in [2.75, 3.05) is 19.7 Å². The zero-order valence-corrected chi connectivity index (χ0v) is 12.1. The van der Waals surface area contributed by atoms with E-state index in [1.165, 1.54) is 25.5 Å². The Balaban J connectivity index is 1.54. The van der Waals surface area contributed by atoms with Gasteiger partial charge in [-0.1, -0.05) is 0 Å². The van der Waals surface area contributed by atoms with Crippen molar-refractivity contribution in [3.8, 4) is 0 Å². The fraction of sp³-hybridized carbons (Fsp3) is 0.667. The lowest BCUT2D eigenvalue weighted by Gasteiger charge is -2.43. The van der Waals surface area contributed by atoms with Crippen LogP contribution in [0.5, 0.6) is 0 Å². The second-order valence-corrected chi connectivity index (χ2v) is 5.96. The largest absolute Gasteiger partial charge is 0.476 e. The maximum absolute atomic E-state index is 10.7. The molecule has 0 amide bonds. The van der Waals surface area contributed by atoms with Gasteiger partial charge in [-0.15, -0.1) is 0 Å². The van der Waals surface area contributed by atoms with E-state index in [0.717, 1.165) is 44.8 Å². The molecule has 0 bridgehead atoms. The van der Waals surface area contributed by atoms with Crippen LogP contribution in [0.4, 0.5) is 0 Å². The third kappa shape index (κ3) is 3.39. The van der Waals surface area contributed by atoms with Gasteiger partial charge in [-0.05, 0) is 32.1 Å². The molecule has 114 valence electrons. The fourth-order valence-electron chi connectivity index (χ4n) is 3.20. The standard InChI is InChI=1S/C15H21N3O3/c19-14(20)13-10-16-12(9-17-13)11-18-6-4-15(5-7-18)3-1-2-8-21-15/h9-10H,1-8,11H2,(H,19,20).